The molecule has 0 spiro atoms. The molecule has 1 atom stereocenters. The molecule has 1 N–H and O–H groups in total. The highest BCUT2D eigenvalue weighted by molar-refractivity contribution is 6.34. The number of nitrogens with zero attached hydrogens (tertiary/aromatic N) is 2. The Balaban J connectivity index is 1.59. The first kappa shape index (κ1) is 21.9. The number of rotatable bonds is 3. The second-order valence-electron chi connectivity index (χ2n) is 7.86. The fraction of sp³-hybridized carbons (Fsp3) is 0.333. The Morgan fingerprint density at radius 2 is 1.61 bits per heavy atom. The van der Waals surface area contributed by atoms with Crippen molar-refractivity contribution >= 4 is 35.0 Å². The Bertz CT molecular complexity index is 1050. The lowest BCUT2D eigenvalue weighted by molar-refractivity contribution is -0.183. The number of benzene rings is 2. The van der Waals surface area contributed by atoms with Gasteiger partial charge in [-0.15, -0.1) is 0 Å². The van der Waals surface area contributed by atoms with E-state index in [4.69, 9.17) is 28.3 Å². The molecule has 2 aromatic rings. The molecule has 2 aliphatic heterocycles. The predicted octanol–water partition coefficient (Wildman–Crippen LogP) is 5.84. The van der Waals surface area contributed by atoms with Gasteiger partial charge in [-0.1, -0.05) is 47.5 Å². The lowest BCUT2D eigenvalue weighted by Gasteiger charge is -2.42. The van der Waals surface area contributed by atoms with Crippen molar-refractivity contribution < 1.29 is 27.5 Å². The van der Waals surface area contributed by atoms with Gasteiger partial charge in [0.05, 0.1) is 19.6 Å². The lowest BCUT2D eigenvalue weighted by atomic mass is 9.76. The van der Waals surface area contributed by atoms with Crippen molar-refractivity contribution in [2.75, 3.05) is 19.6 Å². The minimum Gasteiger partial charge on any atom is -0.465 e. The van der Waals surface area contributed by atoms with E-state index in [0.717, 1.165) is 4.90 Å². The molecule has 31 heavy (non-hydrogen) atoms. The van der Waals surface area contributed by atoms with Crippen molar-refractivity contribution in [3.8, 4) is 0 Å². The minimum absolute atomic E-state index is 0.0567. The molecule has 0 saturated carbocycles. The molecular weight excluding hydrogens is 459 g/mol. The maximum atomic E-state index is 14.8. The normalized spacial score (nSPS) is 22.8. The van der Waals surface area contributed by atoms with Gasteiger partial charge in [-0.2, -0.15) is 13.2 Å². The second kappa shape index (κ2) is 7.38. The van der Waals surface area contributed by atoms with E-state index in [1.165, 1.54) is 42.5 Å². The molecule has 2 aromatic carbocycles. The summed E-state index contributed by atoms with van der Waals surface area (Å²) in [6, 6.07) is 9.81. The first-order chi connectivity index (χ1) is 14.4. The predicted molar refractivity (Wildman–Crippen MR) is 109 cm³/mol. The third-order valence-corrected chi connectivity index (χ3v) is 6.29. The van der Waals surface area contributed by atoms with Crippen LogP contribution in [0.15, 0.2) is 47.5 Å². The number of halogens is 6. The molecule has 0 radical (unpaired) electrons. The average Bonchev–Trinajstić information content (AvgIpc) is 3.11. The van der Waals surface area contributed by atoms with Gasteiger partial charge in [0.15, 0.2) is 5.67 Å². The summed E-state index contributed by atoms with van der Waals surface area (Å²) >= 11 is 11.9. The lowest BCUT2D eigenvalue weighted by Crippen LogP contribution is -2.58. The zero-order valence-corrected chi connectivity index (χ0v) is 17.4. The molecule has 164 valence electrons. The highest BCUT2D eigenvalue weighted by Crippen LogP contribution is 2.49. The van der Waals surface area contributed by atoms with Crippen molar-refractivity contribution in [1.82, 2.24) is 4.90 Å². The fourth-order valence-corrected chi connectivity index (χ4v) is 4.56. The molecule has 2 heterocycles. The zero-order chi connectivity index (χ0) is 22.6. The highest BCUT2D eigenvalue weighted by atomic mass is 35.5. The van der Waals surface area contributed by atoms with Gasteiger partial charge in [0, 0.05) is 22.2 Å². The van der Waals surface area contributed by atoms with E-state index in [9.17, 15) is 22.4 Å². The summed E-state index contributed by atoms with van der Waals surface area (Å²) in [5.41, 5.74) is -3.15. The van der Waals surface area contributed by atoms with Crippen LogP contribution in [-0.2, 0) is 11.1 Å². The van der Waals surface area contributed by atoms with Crippen LogP contribution in [0.2, 0.25) is 10.0 Å². The van der Waals surface area contributed by atoms with Crippen LogP contribution in [0.1, 0.15) is 23.1 Å². The van der Waals surface area contributed by atoms with Gasteiger partial charge in [0.2, 0.25) is 0 Å². The molecule has 4 nitrogen and oxygen atoms in total. The van der Waals surface area contributed by atoms with E-state index in [0.29, 0.717) is 5.56 Å². The maximum Gasteiger partial charge on any atom is 0.407 e. The number of hydrogen-bond acceptors (Lipinski definition) is 2. The van der Waals surface area contributed by atoms with E-state index < -0.39 is 36.3 Å². The number of likely N-dealkylation sites (tertiary alicyclic amines) is 1. The van der Waals surface area contributed by atoms with Gasteiger partial charge in [0.25, 0.3) is 0 Å². The Hall–Kier alpha value is -2.32. The van der Waals surface area contributed by atoms with Crippen LogP contribution >= 0.6 is 23.2 Å². The van der Waals surface area contributed by atoms with Crippen LogP contribution in [0.4, 0.5) is 22.4 Å². The Labute approximate surface area is 185 Å². The van der Waals surface area contributed by atoms with Gasteiger partial charge in [0.1, 0.15) is 5.41 Å². The topological polar surface area (TPSA) is 52.9 Å². The number of amides is 1. The zero-order valence-electron chi connectivity index (χ0n) is 15.9. The Kier molecular flexibility index (Phi) is 5.21. The van der Waals surface area contributed by atoms with Crippen LogP contribution in [-0.4, -0.2) is 47.6 Å². The summed E-state index contributed by atoms with van der Waals surface area (Å²) in [6.07, 6.45) is -6.20. The molecule has 1 amide bonds. The number of aliphatic imine (C=N–C) groups is 1. The van der Waals surface area contributed by atoms with Crippen LogP contribution in [0.3, 0.4) is 0 Å². The van der Waals surface area contributed by atoms with Crippen LogP contribution in [0.5, 0.6) is 0 Å². The third kappa shape index (κ3) is 3.76. The van der Waals surface area contributed by atoms with E-state index >= 15 is 0 Å². The van der Waals surface area contributed by atoms with Gasteiger partial charge in [-0.3, -0.25) is 4.99 Å². The Morgan fingerprint density at radius 1 is 1.03 bits per heavy atom. The largest absolute Gasteiger partial charge is 0.465 e. The van der Waals surface area contributed by atoms with E-state index in [1.54, 1.807) is 0 Å². The van der Waals surface area contributed by atoms with Crippen molar-refractivity contribution in [3.63, 3.8) is 0 Å². The minimum atomic E-state index is -4.60. The number of carbonyl (C=O) groups is 1. The average molecular weight is 475 g/mol. The van der Waals surface area contributed by atoms with Gasteiger partial charge < -0.3 is 10.0 Å². The standard InChI is InChI=1S/C21H16Cl2F4N2O2/c22-15-5-14(6-16(23)7-15)19(21(25,26)27)8-17(28-9-19)12-1-3-13(4-2-12)20(24)10-29(11-20)18(30)31/h1-7H,8-11H2,(H,30,31). The molecule has 1 fully saturated rings. The third-order valence-electron chi connectivity index (χ3n) is 5.86. The summed E-state index contributed by atoms with van der Waals surface area (Å²) in [5.74, 6) is 0. The smallest absolute Gasteiger partial charge is 0.407 e. The van der Waals surface area contributed by atoms with E-state index in [2.05, 4.69) is 4.99 Å². The van der Waals surface area contributed by atoms with Crippen molar-refractivity contribution in [2.24, 2.45) is 4.99 Å². The quantitative estimate of drug-likeness (QED) is 0.567. The molecule has 0 aromatic heterocycles. The molecule has 4 rings (SSSR count). The summed E-state index contributed by atoms with van der Waals surface area (Å²) in [4.78, 5) is 16.0. The van der Waals surface area contributed by atoms with Gasteiger partial charge in [-0.25, -0.2) is 9.18 Å². The van der Waals surface area contributed by atoms with Crippen LogP contribution in [0, 0.1) is 0 Å². The molecule has 0 bridgehead atoms. The molecule has 1 saturated heterocycles. The molecule has 1 unspecified atom stereocenters. The first-order valence-electron chi connectivity index (χ1n) is 9.28. The van der Waals surface area contributed by atoms with Crippen LogP contribution < -0.4 is 0 Å². The number of carboxylic acid groups (broad SMARTS) is 1. The van der Waals surface area contributed by atoms with Gasteiger partial charge >= 0.3 is 12.3 Å². The Morgan fingerprint density at radius 3 is 2.13 bits per heavy atom. The molecule has 0 aliphatic carbocycles. The molecule has 10 heteroatoms. The van der Waals surface area contributed by atoms with Gasteiger partial charge in [-0.05, 0) is 34.9 Å². The SMILES string of the molecule is O=C(O)N1CC(F)(c2ccc(C3=NCC(c4cc(Cl)cc(Cl)c4)(C(F)(F)F)C3)cc2)C1. The van der Waals surface area contributed by atoms with Crippen molar-refractivity contribution in [3.05, 3.63) is 69.2 Å². The van der Waals surface area contributed by atoms with Crippen LogP contribution in [0.25, 0.3) is 0 Å². The highest BCUT2D eigenvalue weighted by Gasteiger charge is 2.58. The number of hydrogen-bond donors (Lipinski definition) is 1. The van der Waals surface area contributed by atoms with Crippen molar-refractivity contribution in [1.29, 1.82) is 0 Å². The summed E-state index contributed by atoms with van der Waals surface area (Å²) < 4.78 is 57.3. The second-order valence-corrected chi connectivity index (χ2v) is 8.73. The van der Waals surface area contributed by atoms with Crippen molar-refractivity contribution in [2.45, 2.75) is 23.7 Å². The van der Waals surface area contributed by atoms with E-state index in [1.807, 2.05) is 0 Å². The fourth-order valence-electron chi connectivity index (χ4n) is 4.04. The van der Waals surface area contributed by atoms with E-state index in [-0.39, 0.29) is 40.0 Å². The first-order valence-corrected chi connectivity index (χ1v) is 10.0. The summed E-state index contributed by atoms with van der Waals surface area (Å²) in [5, 5.41) is 9.09. The number of alkyl halides is 4. The summed E-state index contributed by atoms with van der Waals surface area (Å²) in [7, 11) is 0. The summed E-state index contributed by atoms with van der Waals surface area (Å²) in [6.45, 7) is -1.07. The molecular formula is C21H16Cl2F4N2O2. The maximum absolute atomic E-state index is 14.8. The monoisotopic (exact) mass is 474 g/mol. The molecule has 2 aliphatic rings.